The van der Waals surface area contributed by atoms with E-state index in [4.69, 9.17) is 0 Å². The van der Waals surface area contributed by atoms with Crippen LogP contribution in [-0.4, -0.2) is 13.1 Å². The molecule has 2 rings (SSSR count). The van der Waals surface area contributed by atoms with Gasteiger partial charge in [-0.1, -0.05) is 27.7 Å². The minimum atomic E-state index is 0.452. The van der Waals surface area contributed by atoms with Crippen molar-refractivity contribution in [3.8, 4) is 0 Å². The number of hydrogen-bond donors (Lipinski definition) is 1. The van der Waals surface area contributed by atoms with Crippen molar-refractivity contribution in [3.63, 3.8) is 0 Å². The summed E-state index contributed by atoms with van der Waals surface area (Å²) in [5, 5.41) is 3.58. The second kappa shape index (κ2) is 6.62. The van der Waals surface area contributed by atoms with Crippen LogP contribution >= 0.6 is 11.3 Å². The van der Waals surface area contributed by atoms with E-state index in [0.29, 0.717) is 5.41 Å². The molecule has 0 aliphatic heterocycles. The average molecular weight is 294 g/mol. The fraction of sp³-hybridized carbons (Fsp3) is 0.778. The summed E-state index contributed by atoms with van der Waals surface area (Å²) in [6.45, 7) is 14.0. The zero-order valence-electron chi connectivity index (χ0n) is 13.8. The van der Waals surface area contributed by atoms with E-state index in [2.05, 4.69) is 52.1 Å². The van der Waals surface area contributed by atoms with Crippen LogP contribution in [0.2, 0.25) is 0 Å². The Morgan fingerprint density at radius 3 is 2.55 bits per heavy atom. The Kier molecular flexibility index (Phi) is 5.30. The molecular weight excluding hydrogens is 262 g/mol. The van der Waals surface area contributed by atoms with Crippen molar-refractivity contribution in [1.82, 2.24) is 5.32 Å². The van der Waals surface area contributed by atoms with E-state index in [1.165, 1.54) is 30.7 Å². The van der Waals surface area contributed by atoms with E-state index in [9.17, 15) is 0 Å². The molecule has 1 aliphatic rings. The smallest absolute Gasteiger partial charge is 0.00823 e. The lowest BCUT2D eigenvalue weighted by atomic mass is 9.65. The molecule has 1 aliphatic carbocycles. The fourth-order valence-corrected chi connectivity index (χ4v) is 4.68. The number of rotatable bonds is 4. The predicted molar refractivity (Wildman–Crippen MR) is 90.6 cm³/mol. The Balaban J connectivity index is 2.14. The van der Waals surface area contributed by atoms with Crippen molar-refractivity contribution in [1.29, 1.82) is 0 Å². The summed E-state index contributed by atoms with van der Waals surface area (Å²) in [6, 6.07) is 4.68. The number of nitrogens with one attached hydrogen (secondary N) is 1. The summed E-state index contributed by atoms with van der Waals surface area (Å²) in [5.41, 5.74) is 0.452. The van der Waals surface area contributed by atoms with Crippen LogP contribution in [0.5, 0.6) is 0 Å². The molecule has 114 valence electrons. The quantitative estimate of drug-likeness (QED) is 0.803. The van der Waals surface area contributed by atoms with Crippen LogP contribution in [0.3, 0.4) is 0 Å². The van der Waals surface area contributed by atoms with Gasteiger partial charge in [0.15, 0.2) is 0 Å². The van der Waals surface area contributed by atoms with Crippen LogP contribution < -0.4 is 5.32 Å². The van der Waals surface area contributed by atoms with Crippen molar-refractivity contribution in [2.75, 3.05) is 13.1 Å². The van der Waals surface area contributed by atoms with E-state index >= 15 is 0 Å². The predicted octanol–water partition coefficient (Wildman–Crippen LogP) is 5.21. The van der Waals surface area contributed by atoms with Crippen LogP contribution in [0.1, 0.15) is 62.6 Å². The molecule has 2 heteroatoms. The average Bonchev–Trinajstić information content (AvgIpc) is 2.81. The van der Waals surface area contributed by atoms with Gasteiger partial charge in [-0.25, -0.2) is 0 Å². The first-order chi connectivity index (χ1) is 9.41. The first-order valence-corrected chi connectivity index (χ1v) is 9.00. The Hall–Kier alpha value is -0.340. The lowest BCUT2D eigenvalue weighted by molar-refractivity contribution is 0.131. The van der Waals surface area contributed by atoms with E-state index in [-0.39, 0.29) is 0 Å². The molecule has 1 fully saturated rings. The molecule has 20 heavy (non-hydrogen) atoms. The summed E-state index contributed by atoms with van der Waals surface area (Å²) < 4.78 is 0. The van der Waals surface area contributed by atoms with Crippen LogP contribution in [0, 0.1) is 24.2 Å². The standard InChI is InChI=1S/C18H31NS/c1-6-19-12-14-8-9-15(18(3,4)5)11-16(14)17-10-7-13(2)20-17/h7,10,14-16,19H,6,8-9,11-12H2,1-5H3. The van der Waals surface area contributed by atoms with Crippen molar-refractivity contribution in [2.24, 2.45) is 17.3 Å². The maximum atomic E-state index is 3.58. The third-order valence-corrected chi connectivity index (χ3v) is 6.13. The highest BCUT2D eigenvalue weighted by molar-refractivity contribution is 7.12. The molecule has 1 N–H and O–H groups in total. The highest BCUT2D eigenvalue weighted by atomic mass is 32.1. The fourth-order valence-electron chi connectivity index (χ4n) is 3.60. The Morgan fingerprint density at radius 2 is 2.00 bits per heavy atom. The largest absolute Gasteiger partial charge is 0.317 e. The van der Waals surface area contributed by atoms with Gasteiger partial charge in [-0.05, 0) is 74.6 Å². The molecule has 1 aromatic heterocycles. The molecule has 0 aromatic carbocycles. The molecule has 1 heterocycles. The van der Waals surface area contributed by atoms with E-state index in [0.717, 1.165) is 24.3 Å². The Bertz CT molecular complexity index is 415. The SMILES string of the molecule is CCNCC1CCC(C(C)(C)C)CC1c1ccc(C)s1. The van der Waals surface area contributed by atoms with E-state index < -0.39 is 0 Å². The monoisotopic (exact) mass is 293 g/mol. The van der Waals surface area contributed by atoms with E-state index in [1.54, 1.807) is 4.88 Å². The lowest BCUT2D eigenvalue weighted by Gasteiger charge is -2.41. The molecule has 3 atom stereocenters. The van der Waals surface area contributed by atoms with Crippen LogP contribution in [0.15, 0.2) is 12.1 Å². The van der Waals surface area contributed by atoms with Gasteiger partial charge in [0.2, 0.25) is 0 Å². The van der Waals surface area contributed by atoms with Crippen LogP contribution in [0.4, 0.5) is 0 Å². The summed E-state index contributed by atoms with van der Waals surface area (Å²) >= 11 is 2.02. The lowest BCUT2D eigenvalue weighted by Crippen LogP contribution is -2.35. The summed E-state index contributed by atoms with van der Waals surface area (Å²) in [5.74, 6) is 2.46. The van der Waals surface area contributed by atoms with Crippen molar-refractivity contribution < 1.29 is 0 Å². The van der Waals surface area contributed by atoms with Gasteiger partial charge in [-0.3, -0.25) is 0 Å². The van der Waals surface area contributed by atoms with Gasteiger partial charge in [0.1, 0.15) is 0 Å². The molecule has 0 amide bonds. The van der Waals surface area contributed by atoms with Gasteiger partial charge >= 0.3 is 0 Å². The molecule has 0 spiro atoms. The topological polar surface area (TPSA) is 12.0 Å². The highest BCUT2D eigenvalue weighted by Crippen LogP contribution is 2.47. The van der Waals surface area contributed by atoms with Gasteiger partial charge in [0.05, 0.1) is 0 Å². The maximum Gasteiger partial charge on any atom is 0.00823 e. The first-order valence-electron chi connectivity index (χ1n) is 8.19. The van der Waals surface area contributed by atoms with Gasteiger partial charge in [0, 0.05) is 9.75 Å². The number of hydrogen-bond acceptors (Lipinski definition) is 2. The zero-order chi connectivity index (χ0) is 14.8. The summed E-state index contributed by atoms with van der Waals surface area (Å²) in [4.78, 5) is 3.08. The van der Waals surface area contributed by atoms with Gasteiger partial charge < -0.3 is 5.32 Å². The van der Waals surface area contributed by atoms with Gasteiger partial charge in [-0.2, -0.15) is 0 Å². The van der Waals surface area contributed by atoms with Gasteiger partial charge in [0.25, 0.3) is 0 Å². The molecule has 3 unspecified atom stereocenters. The third-order valence-electron chi connectivity index (χ3n) is 5.00. The second-order valence-electron chi connectivity index (χ2n) is 7.50. The third kappa shape index (κ3) is 3.85. The molecule has 0 bridgehead atoms. The molecular formula is C18H31NS. The number of aryl methyl sites for hydroxylation is 1. The first kappa shape index (κ1) is 16.0. The molecule has 1 saturated carbocycles. The van der Waals surface area contributed by atoms with Crippen molar-refractivity contribution in [2.45, 2.75) is 59.8 Å². The van der Waals surface area contributed by atoms with Crippen LogP contribution in [-0.2, 0) is 0 Å². The minimum absolute atomic E-state index is 0.452. The Morgan fingerprint density at radius 1 is 1.25 bits per heavy atom. The Labute approximate surface area is 129 Å². The summed E-state index contributed by atoms with van der Waals surface area (Å²) in [6.07, 6.45) is 4.16. The minimum Gasteiger partial charge on any atom is -0.317 e. The van der Waals surface area contributed by atoms with Crippen LogP contribution in [0.25, 0.3) is 0 Å². The number of thiophene rings is 1. The normalized spacial score (nSPS) is 27.8. The maximum absolute atomic E-state index is 3.58. The molecule has 0 saturated heterocycles. The van der Waals surface area contributed by atoms with Crippen molar-refractivity contribution >= 4 is 11.3 Å². The molecule has 1 aromatic rings. The zero-order valence-corrected chi connectivity index (χ0v) is 14.6. The van der Waals surface area contributed by atoms with E-state index in [1.807, 2.05) is 11.3 Å². The molecule has 1 nitrogen and oxygen atoms in total. The molecule has 0 radical (unpaired) electrons. The van der Waals surface area contributed by atoms with Crippen molar-refractivity contribution in [3.05, 3.63) is 21.9 Å². The summed E-state index contributed by atoms with van der Waals surface area (Å²) in [7, 11) is 0. The van der Waals surface area contributed by atoms with Gasteiger partial charge in [-0.15, -0.1) is 11.3 Å². The highest BCUT2D eigenvalue weighted by Gasteiger charge is 2.36. The second-order valence-corrected chi connectivity index (χ2v) is 8.82.